The molecule has 2 aliphatic rings. The van der Waals surface area contributed by atoms with E-state index in [0.29, 0.717) is 43.4 Å². The van der Waals surface area contributed by atoms with Gasteiger partial charge in [0.1, 0.15) is 12.2 Å². The van der Waals surface area contributed by atoms with Crippen LogP contribution in [-0.4, -0.2) is 55.9 Å². The number of hydrogen-bond acceptors (Lipinski definition) is 8. The Morgan fingerprint density at radius 1 is 0.708 bits per heavy atom. The lowest BCUT2D eigenvalue weighted by Gasteiger charge is -2.25. The van der Waals surface area contributed by atoms with Crippen LogP contribution in [0.2, 0.25) is 0 Å². The summed E-state index contributed by atoms with van der Waals surface area (Å²) < 4.78 is 28.6. The molecule has 0 saturated heterocycles. The van der Waals surface area contributed by atoms with E-state index in [0.717, 1.165) is 0 Å². The van der Waals surface area contributed by atoms with E-state index >= 15 is 0 Å². The first-order chi connectivity index (χ1) is 22.2. The Balaban J connectivity index is 0.000000260. The van der Waals surface area contributed by atoms with E-state index in [9.17, 15) is 19.2 Å². The van der Waals surface area contributed by atoms with Crippen LogP contribution in [0.1, 0.15) is 92.8 Å². The average molecular weight is 673 g/mol. The minimum Gasteiger partial charge on any atom is -0.378 e. The minimum absolute atomic E-state index is 0.175. The molecule has 268 valence electrons. The van der Waals surface area contributed by atoms with Crippen LogP contribution in [0, 0.1) is 25.7 Å². The van der Waals surface area contributed by atoms with Gasteiger partial charge in [0.25, 0.3) is 11.1 Å². The largest absolute Gasteiger partial charge is 0.378 e. The molecular weight excluding hydrogens is 616 g/mol. The monoisotopic (exact) mass is 672 g/mol. The van der Waals surface area contributed by atoms with Crippen LogP contribution >= 0.6 is 0 Å². The van der Waals surface area contributed by atoms with Crippen molar-refractivity contribution in [3.63, 3.8) is 0 Å². The van der Waals surface area contributed by atoms with E-state index in [4.69, 9.17) is 18.9 Å². The summed E-state index contributed by atoms with van der Waals surface area (Å²) >= 11 is 0. The van der Waals surface area contributed by atoms with Crippen molar-refractivity contribution in [2.45, 2.75) is 125 Å². The predicted molar refractivity (Wildman–Crippen MR) is 187 cm³/mol. The van der Waals surface area contributed by atoms with Crippen molar-refractivity contribution < 1.29 is 18.9 Å². The van der Waals surface area contributed by atoms with Crippen molar-refractivity contribution in [2.75, 3.05) is 19.8 Å². The Labute approximate surface area is 283 Å². The lowest BCUT2D eigenvalue weighted by molar-refractivity contribution is -0.0755. The molecule has 48 heavy (non-hydrogen) atoms. The molecule has 0 unspecified atom stereocenters. The zero-order valence-corrected chi connectivity index (χ0v) is 30.8. The number of rotatable bonds is 10. The Kier molecular flexibility index (Phi) is 13.0. The lowest BCUT2D eigenvalue weighted by Crippen LogP contribution is -2.49. The molecule has 4 heterocycles. The summed E-state index contributed by atoms with van der Waals surface area (Å²) in [7, 11) is 0. The van der Waals surface area contributed by atoms with Gasteiger partial charge in [0.05, 0.1) is 18.8 Å². The summed E-state index contributed by atoms with van der Waals surface area (Å²) in [6.07, 6.45) is 9.20. The molecule has 2 aromatic heterocycles. The van der Waals surface area contributed by atoms with Gasteiger partial charge in [-0.3, -0.25) is 27.9 Å². The molecule has 0 aliphatic carbocycles. The molecule has 0 N–H and O–H groups in total. The van der Waals surface area contributed by atoms with Crippen LogP contribution < -0.4 is 22.5 Å². The molecule has 0 aromatic carbocycles. The van der Waals surface area contributed by atoms with Crippen molar-refractivity contribution in [3.05, 3.63) is 89.5 Å². The van der Waals surface area contributed by atoms with Gasteiger partial charge in [-0.15, -0.1) is 0 Å². The van der Waals surface area contributed by atoms with E-state index in [1.165, 1.54) is 18.3 Å². The van der Waals surface area contributed by atoms with E-state index in [1.54, 1.807) is 26.2 Å². The molecule has 4 atom stereocenters. The second-order valence-electron chi connectivity index (χ2n) is 15.4. The summed E-state index contributed by atoms with van der Waals surface area (Å²) in [5.74, 6) is 0.680. The Morgan fingerprint density at radius 3 is 1.69 bits per heavy atom. The smallest absolute Gasteiger partial charge is 0.333 e. The van der Waals surface area contributed by atoms with Crippen LogP contribution in [0.25, 0.3) is 0 Å². The molecule has 12 nitrogen and oxygen atoms in total. The maximum atomic E-state index is 12.8. The first kappa shape index (κ1) is 39.1. The van der Waals surface area contributed by atoms with E-state index in [1.807, 2.05) is 79.7 Å². The third-order valence-electron chi connectivity index (χ3n) is 7.44. The highest BCUT2D eigenvalue weighted by Crippen LogP contribution is 2.22. The molecule has 2 aromatic rings. The van der Waals surface area contributed by atoms with Gasteiger partial charge in [0.15, 0.2) is 12.5 Å². The summed E-state index contributed by atoms with van der Waals surface area (Å²) in [5, 5.41) is 0. The number of aromatic nitrogens is 4. The fourth-order valence-electron chi connectivity index (χ4n) is 5.17. The second-order valence-corrected chi connectivity index (χ2v) is 15.4. The van der Waals surface area contributed by atoms with Gasteiger partial charge in [-0.2, -0.15) is 0 Å². The number of aryl methyl sites for hydroxylation is 2. The van der Waals surface area contributed by atoms with Crippen LogP contribution in [-0.2, 0) is 31.0 Å². The molecule has 0 amide bonds. The standard InChI is InChI=1S/2C18H28N2O4/c1-12-10-19(16(22)20(15(12)21)17(2,3)4)14-9-8-13(24-14)11-23-18(5,6)7;1-12(2)8-20-17(21)14(5)9-19(18(20)22)16-7-6-15(24-16)11-23-10-13(3)4/h8-10,13-14H,11H2,1-7H3;6-7,9,12-13,15-16H,8,10-11H2,1-5H3/t13-,14+;15-,16+/m00/s1. The SMILES string of the molecule is Cc1cn([C@H]2C=C[C@@H](COC(C)(C)C)O2)c(=O)n(C(C)(C)C)c1=O.Cc1cn([C@H]2C=C[C@@H](COCC(C)C)O2)c(=O)n(CC(C)C)c1=O. The topological polar surface area (TPSA) is 125 Å². The fourth-order valence-corrected chi connectivity index (χ4v) is 5.17. The van der Waals surface area contributed by atoms with Crippen LogP contribution in [0.5, 0.6) is 0 Å². The lowest BCUT2D eigenvalue weighted by atomic mass is 10.1. The average Bonchev–Trinajstić information content (AvgIpc) is 3.63. The van der Waals surface area contributed by atoms with Crippen LogP contribution in [0.4, 0.5) is 0 Å². The van der Waals surface area contributed by atoms with Gasteiger partial charge in [-0.05, 0) is 79.4 Å². The highest BCUT2D eigenvalue weighted by atomic mass is 16.6. The number of nitrogens with zero attached hydrogens (tertiary/aromatic N) is 4. The van der Waals surface area contributed by atoms with Crippen molar-refractivity contribution >= 4 is 0 Å². The Morgan fingerprint density at radius 2 is 1.21 bits per heavy atom. The van der Waals surface area contributed by atoms with E-state index < -0.39 is 18.0 Å². The number of hydrogen-bond donors (Lipinski definition) is 0. The quantitative estimate of drug-likeness (QED) is 0.340. The Bertz CT molecular complexity index is 1700. The summed E-state index contributed by atoms with van der Waals surface area (Å²) in [6.45, 7) is 25.0. The summed E-state index contributed by atoms with van der Waals surface area (Å²) in [5.41, 5.74) is -1.01. The molecule has 2 aliphatic heterocycles. The van der Waals surface area contributed by atoms with E-state index in [-0.39, 0.29) is 46.2 Å². The third-order valence-corrected chi connectivity index (χ3v) is 7.44. The van der Waals surface area contributed by atoms with E-state index in [2.05, 4.69) is 13.8 Å². The summed E-state index contributed by atoms with van der Waals surface area (Å²) in [6, 6.07) is 0. The first-order valence-electron chi connectivity index (χ1n) is 16.8. The minimum atomic E-state index is -0.598. The molecule has 12 heteroatoms. The molecule has 4 rings (SSSR count). The highest BCUT2D eigenvalue weighted by Gasteiger charge is 2.28. The highest BCUT2D eigenvalue weighted by molar-refractivity contribution is 5.10. The molecule has 0 saturated carbocycles. The molecular formula is C36H56N4O8. The molecule has 0 spiro atoms. The van der Waals surface area contributed by atoms with Crippen molar-refractivity contribution in [1.82, 2.24) is 18.3 Å². The van der Waals surface area contributed by atoms with Gasteiger partial charge >= 0.3 is 11.4 Å². The third kappa shape index (κ3) is 10.3. The van der Waals surface area contributed by atoms with Crippen molar-refractivity contribution in [3.8, 4) is 0 Å². The van der Waals surface area contributed by atoms with Crippen LogP contribution in [0.3, 0.4) is 0 Å². The Hall–Kier alpha value is -3.32. The van der Waals surface area contributed by atoms with Gasteiger partial charge in [-0.1, -0.05) is 39.8 Å². The van der Waals surface area contributed by atoms with Crippen LogP contribution in [0.15, 0.2) is 55.9 Å². The maximum absolute atomic E-state index is 12.8. The molecule has 0 bridgehead atoms. The molecule has 0 fully saturated rings. The van der Waals surface area contributed by atoms with Gasteiger partial charge in [0, 0.05) is 42.2 Å². The van der Waals surface area contributed by atoms with Gasteiger partial charge < -0.3 is 18.9 Å². The first-order valence-corrected chi connectivity index (χ1v) is 16.8. The van der Waals surface area contributed by atoms with Gasteiger partial charge in [0.2, 0.25) is 0 Å². The normalized spacial score (nSPS) is 21.0. The zero-order valence-electron chi connectivity index (χ0n) is 30.8. The number of ether oxygens (including phenoxy) is 4. The van der Waals surface area contributed by atoms with Crippen molar-refractivity contribution in [2.24, 2.45) is 11.8 Å². The summed E-state index contributed by atoms with van der Waals surface area (Å²) in [4.78, 5) is 50.0. The zero-order chi connectivity index (χ0) is 36.1. The maximum Gasteiger partial charge on any atom is 0.333 e. The van der Waals surface area contributed by atoms with Gasteiger partial charge in [-0.25, -0.2) is 9.59 Å². The predicted octanol–water partition coefficient (Wildman–Crippen LogP) is 4.44. The second kappa shape index (κ2) is 15.9. The van der Waals surface area contributed by atoms with Crippen molar-refractivity contribution in [1.29, 1.82) is 0 Å². The fraction of sp³-hybridized carbons (Fsp3) is 0.667. The molecule has 0 radical (unpaired) electrons.